The fourth-order valence-electron chi connectivity index (χ4n) is 2.25. The molecule has 0 fully saturated rings. The van der Waals surface area contributed by atoms with Gasteiger partial charge in [0.25, 0.3) is 0 Å². The molecule has 0 bridgehead atoms. The van der Waals surface area contributed by atoms with Gasteiger partial charge < -0.3 is 0 Å². The molecule has 19 heavy (non-hydrogen) atoms. The highest BCUT2D eigenvalue weighted by Gasteiger charge is 2.13. The van der Waals surface area contributed by atoms with E-state index in [1.54, 1.807) is 0 Å². The van der Waals surface area contributed by atoms with Crippen LogP contribution in [0.4, 0.5) is 0 Å². The van der Waals surface area contributed by atoms with Gasteiger partial charge in [0.2, 0.25) is 0 Å². The molecule has 3 heteroatoms. The molecule has 0 spiro atoms. The Labute approximate surface area is 119 Å². The van der Waals surface area contributed by atoms with Gasteiger partial charge in [0, 0.05) is 5.02 Å². The highest BCUT2D eigenvalue weighted by molar-refractivity contribution is 6.30. The summed E-state index contributed by atoms with van der Waals surface area (Å²) in [5, 5.41) is 0.757. The molecule has 1 atom stereocenters. The molecule has 100 valence electrons. The molecule has 0 aromatic heterocycles. The summed E-state index contributed by atoms with van der Waals surface area (Å²) in [5.74, 6) is 5.71. The minimum atomic E-state index is 0.0972. The summed E-state index contributed by atoms with van der Waals surface area (Å²) in [7, 11) is 0. The quantitative estimate of drug-likeness (QED) is 0.659. The summed E-state index contributed by atoms with van der Waals surface area (Å²) >= 11 is 5.99. The SMILES string of the molecule is Cc1ccc(CC(NN)c2ccc(Cl)cc2C)cc1. The van der Waals surface area contributed by atoms with Crippen molar-refractivity contribution in [2.75, 3.05) is 0 Å². The van der Waals surface area contributed by atoms with Crippen molar-refractivity contribution in [3.8, 4) is 0 Å². The lowest BCUT2D eigenvalue weighted by molar-refractivity contribution is 0.549. The predicted molar refractivity (Wildman–Crippen MR) is 81.1 cm³/mol. The molecule has 2 aromatic carbocycles. The molecule has 0 aliphatic carbocycles. The van der Waals surface area contributed by atoms with Crippen LogP contribution in [0.15, 0.2) is 42.5 Å². The van der Waals surface area contributed by atoms with Gasteiger partial charge in [0.15, 0.2) is 0 Å². The van der Waals surface area contributed by atoms with Crippen molar-refractivity contribution in [3.05, 3.63) is 69.7 Å². The summed E-state index contributed by atoms with van der Waals surface area (Å²) < 4.78 is 0. The fraction of sp³-hybridized carbons (Fsp3) is 0.250. The van der Waals surface area contributed by atoms with E-state index in [4.69, 9.17) is 17.4 Å². The van der Waals surface area contributed by atoms with Crippen LogP contribution in [0.2, 0.25) is 5.02 Å². The number of hydrogen-bond donors (Lipinski definition) is 2. The van der Waals surface area contributed by atoms with Crippen LogP contribution >= 0.6 is 11.6 Å². The van der Waals surface area contributed by atoms with Crippen molar-refractivity contribution < 1.29 is 0 Å². The fourth-order valence-corrected chi connectivity index (χ4v) is 2.48. The third-order valence-corrected chi connectivity index (χ3v) is 3.60. The van der Waals surface area contributed by atoms with E-state index in [0.29, 0.717) is 0 Å². The normalized spacial score (nSPS) is 12.4. The van der Waals surface area contributed by atoms with E-state index in [9.17, 15) is 0 Å². The molecule has 0 aliphatic heterocycles. The molecule has 1 unspecified atom stereocenters. The van der Waals surface area contributed by atoms with Crippen LogP contribution in [0.3, 0.4) is 0 Å². The minimum Gasteiger partial charge on any atom is -0.271 e. The maximum Gasteiger partial charge on any atom is 0.0502 e. The number of nitrogens with two attached hydrogens (primary N) is 1. The molecular weight excluding hydrogens is 256 g/mol. The molecule has 0 saturated heterocycles. The van der Waals surface area contributed by atoms with Crippen LogP contribution in [-0.4, -0.2) is 0 Å². The molecule has 0 aliphatic rings. The zero-order chi connectivity index (χ0) is 13.8. The van der Waals surface area contributed by atoms with Gasteiger partial charge in [0.05, 0.1) is 6.04 Å². The molecule has 2 rings (SSSR count). The Morgan fingerprint density at radius 1 is 1.11 bits per heavy atom. The third kappa shape index (κ3) is 3.57. The van der Waals surface area contributed by atoms with E-state index in [0.717, 1.165) is 17.0 Å². The highest BCUT2D eigenvalue weighted by Crippen LogP contribution is 2.24. The Kier molecular flexibility index (Phi) is 4.59. The van der Waals surface area contributed by atoms with Gasteiger partial charge in [0.1, 0.15) is 0 Å². The van der Waals surface area contributed by atoms with Crippen LogP contribution in [-0.2, 0) is 6.42 Å². The molecule has 0 amide bonds. The highest BCUT2D eigenvalue weighted by atomic mass is 35.5. The Bertz CT molecular complexity index is 549. The standard InChI is InChI=1S/C16H19ClN2/c1-11-3-5-13(6-4-11)10-16(19-18)15-8-7-14(17)9-12(15)2/h3-9,16,19H,10,18H2,1-2H3. The number of hydrogen-bond acceptors (Lipinski definition) is 2. The third-order valence-electron chi connectivity index (χ3n) is 3.37. The largest absolute Gasteiger partial charge is 0.271 e. The first-order valence-corrected chi connectivity index (χ1v) is 6.75. The Hall–Kier alpha value is -1.35. The van der Waals surface area contributed by atoms with Crippen molar-refractivity contribution in [1.82, 2.24) is 5.43 Å². The number of aryl methyl sites for hydroxylation is 2. The predicted octanol–water partition coefficient (Wildman–Crippen LogP) is 3.70. The average molecular weight is 275 g/mol. The lowest BCUT2D eigenvalue weighted by atomic mass is 9.95. The zero-order valence-electron chi connectivity index (χ0n) is 11.3. The second-order valence-corrected chi connectivity index (χ2v) is 5.35. The first kappa shape index (κ1) is 14.1. The molecule has 0 saturated carbocycles. The summed E-state index contributed by atoms with van der Waals surface area (Å²) in [6, 6.07) is 14.5. The van der Waals surface area contributed by atoms with Crippen molar-refractivity contribution in [3.63, 3.8) is 0 Å². The summed E-state index contributed by atoms with van der Waals surface area (Å²) in [5.41, 5.74) is 7.78. The van der Waals surface area contributed by atoms with Crippen LogP contribution < -0.4 is 11.3 Å². The first-order chi connectivity index (χ1) is 9.10. The maximum atomic E-state index is 5.99. The molecule has 3 N–H and O–H groups in total. The van der Waals surface area contributed by atoms with Gasteiger partial charge >= 0.3 is 0 Å². The van der Waals surface area contributed by atoms with Crippen molar-refractivity contribution in [2.24, 2.45) is 5.84 Å². The van der Waals surface area contributed by atoms with Crippen LogP contribution in [0.1, 0.15) is 28.3 Å². The summed E-state index contributed by atoms with van der Waals surface area (Å²) in [6.45, 7) is 4.15. The van der Waals surface area contributed by atoms with Gasteiger partial charge in [-0.2, -0.15) is 0 Å². The lowest BCUT2D eigenvalue weighted by Crippen LogP contribution is -2.30. The van der Waals surface area contributed by atoms with Crippen molar-refractivity contribution >= 4 is 11.6 Å². The second-order valence-electron chi connectivity index (χ2n) is 4.91. The number of hydrazine groups is 1. The van der Waals surface area contributed by atoms with E-state index in [-0.39, 0.29) is 6.04 Å². The Morgan fingerprint density at radius 3 is 2.37 bits per heavy atom. The van der Waals surface area contributed by atoms with Gasteiger partial charge in [-0.1, -0.05) is 47.5 Å². The lowest BCUT2D eigenvalue weighted by Gasteiger charge is -2.19. The second kappa shape index (κ2) is 6.20. The van der Waals surface area contributed by atoms with Gasteiger partial charge in [-0.15, -0.1) is 0 Å². The first-order valence-electron chi connectivity index (χ1n) is 6.38. The van der Waals surface area contributed by atoms with E-state index in [1.807, 2.05) is 18.2 Å². The van der Waals surface area contributed by atoms with E-state index >= 15 is 0 Å². The molecule has 2 aromatic rings. The van der Waals surface area contributed by atoms with Crippen molar-refractivity contribution in [2.45, 2.75) is 26.3 Å². The Morgan fingerprint density at radius 2 is 1.79 bits per heavy atom. The van der Waals surface area contributed by atoms with Gasteiger partial charge in [-0.3, -0.25) is 11.3 Å². The van der Waals surface area contributed by atoms with E-state index in [2.05, 4.69) is 43.5 Å². The number of rotatable bonds is 4. The molecule has 2 nitrogen and oxygen atoms in total. The number of nitrogens with one attached hydrogen (secondary N) is 1. The molecule has 0 radical (unpaired) electrons. The van der Waals surface area contributed by atoms with Gasteiger partial charge in [-0.25, -0.2) is 0 Å². The Balaban J connectivity index is 2.22. The van der Waals surface area contributed by atoms with Crippen LogP contribution in [0, 0.1) is 13.8 Å². The van der Waals surface area contributed by atoms with E-state index < -0.39 is 0 Å². The minimum absolute atomic E-state index is 0.0972. The number of benzene rings is 2. The van der Waals surface area contributed by atoms with Crippen molar-refractivity contribution in [1.29, 1.82) is 0 Å². The van der Waals surface area contributed by atoms with Crippen LogP contribution in [0.5, 0.6) is 0 Å². The number of halogens is 1. The van der Waals surface area contributed by atoms with Crippen LogP contribution in [0.25, 0.3) is 0 Å². The molecular formula is C16H19ClN2. The summed E-state index contributed by atoms with van der Waals surface area (Å²) in [6.07, 6.45) is 0.860. The topological polar surface area (TPSA) is 38.0 Å². The maximum absolute atomic E-state index is 5.99. The average Bonchev–Trinajstić information content (AvgIpc) is 2.39. The van der Waals surface area contributed by atoms with Gasteiger partial charge in [-0.05, 0) is 49.1 Å². The van der Waals surface area contributed by atoms with E-state index in [1.165, 1.54) is 16.7 Å². The zero-order valence-corrected chi connectivity index (χ0v) is 12.0. The summed E-state index contributed by atoms with van der Waals surface area (Å²) in [4.78, 5) is 0. The smallest absolute Gasteiger partial charge is 0.0502 e. The monoisotopic (exact) mass is 274 g/mol. The molecule has 0 heterocycles.